The number of nitrogens with one attached hydrogen (secondary N) is 3. The molecule has 0 spiro atoms. The summed E-state index contributed by atoms with van der Waals surface area (Å²) < 4.78 is 0. The highest BCUT2D eigenvalue weighted by Crippen LogP contribution is 2.15. The summed E-state index contributed by atoms with van der Waals surface area (Å²) in [5.41, 5.74) is 2.91. The molecule has 2 heterocycles. The van der Waals surface area contributed by atoms with Crippen LogP contribution < -0.4 is 16.1 Å². The minimum Gasteiger partial charge on any atom is -0.316 e. The molecule has 0 aliphatic carbocycles. The van der Waals surface area contributed by atoms with Crippen LogP contribution in [0.5, 0.6) is 0 Å². The zero-order chi connectivity index (χ0) is 7.68. The lowest BCUT2D eigenvalue weighted by Gasteiger charge is -2.14. The van der Waals surface area contributed by atoms with Crippen molar-refractivity contribution in [2.75, 3.05) is 13.1 Å². The maximum atomic E-state index is 5.35. The lowest BCUT2D eigenvalue weighted by atomic mass is 10.1. The molecule has 0 bridgehead atoms. The molecular weight excluding hydrogens is 142 g/mol. The van der Waals surface area contributed by atoms with Crippen molar-refractivity contribution in [3.63, 3.8) is 0 Å². The van der Waals surface area contributed by atoms with Crippen molar-refractivity contribution in [3.8, 4) is 0 Å². The Morgan fingerprint density at radius 3 is 2.91 bits per heavy atom. The minimum absolute atomic E-state index is 0.208. The molecule has 2 aliphatic heterocycles. The minimum atomic E-state index is 0.208. The van der Waals surface area contributed by atoms with Gasteiger partial charge in [0.05, 0.1) is 6.17 Å². The van der Waals surface area contributed by atoms with Crippen LogP contribution in [0.1, 0.15) is 13.3 Å². The van der Waals surface area contributed by atoms with E-state index in [9.17, 15) is 0 Å². The first-order valence-electron chi connectivity index (χ1n) is 4.24. The Kier molecular flexibility index (Phi) is 2.09. The SMILES string of the molecule is C[C@H]1NO[C@H]([C@H]2CCNC2)N1. The van der Waals surface area contributed by atoms with Gasteiger partial charge in [0.2, 0.25) is 0 Å². The first-order valence-corrected chi connectivity index (χ1v) is 4.24. The molecule has 0 amide bonds. The van der Waals surface area contributed by atoms with E-state index >= 15 is 0 Å². The monoisotopic (exact) mass is 157 g/mol. The van der Waals surface area contributed by atoms with Gasteiger partial charge in [-0.1, -0.05) is 0 Å². The Balaban J connectivity index is 1.85. The van der Waals surface area contributed by atoms with Crippen molar-refractivity contribution in [2.24, 2.45) is 5.92 Å². The van der Waals surface area contributed by atoms with Gasteiger partial charge in [-0.25, -0.2) is 0 Å². The summed E-state index contributed by atoms with van der Waals surface area (Å²) >= 11 is 0. The zero-order valence-electron chi connectivity index (χ0n) is 6.76. The average molecular weight is 157 g/mol. The predicted molar refractivity (Wildman–Crippen MR) is 41.6 cm³/mol. The van der Waals surface area contributed by atoms with Crippen LogP contribution >= 0.6 is 0 Å². The Hall–Kier alpha value is -0.160. The Bertz CT molecular complexity index is 136. The molecule has 11 heavy (non-hydrogen) atoms. The molecule has 2 aliphatic rings. The smallest absolute Gasteiger partial charge is 0.135 e. The highest BCUT2D eigenvalue weighted by atomic mass is 16.7. The fraction of sp³-hybridized carbons (Fsp3) is 1.00. The van der Waals surface area contributed by atoms with Crippen LogP contribution in [-0.4, -0.2) is 25.5 Å². The Morgan fingerprint density at radius 1 is 1.45 bits per heavy atom. The molecule has 2 saturated heterocycles. The zero-order valence-corrected chi connectivity index (χ0v) is 6.76. The lowest BCUT2D eigenvalue weighted by Crippen LogP contribution is -2.36. The molecule has 4 heteroatoms. The summed E-state index contributed by atoms with van der Waals surface area (Å²) in [4.78, 5) is 5.35. The van der Waals surface area contributed by atoms with Crippen molar-refractivity contribution in [1.29, 1.82) is 0 Å². The maximum absolute atomic E-state index is 5.35. The van der Waals surface area contributed by atoms with Crippen molar-refractivity contribution < 1.29 is 4.84 Å². The van der Waals surface area contributed by atoms with Crippen molar-refractivity contribution in [3.05, 3.63) is 0 Å². The van der Waals surface area contributed by atoms with Crippen LogP contribution in [0.2, 0.25) is 0 Å². The van der Waals surface area contributed by atoms with Gasteiger partial charge in [0.15, 0.2) is 0 Å². The summed E-state index contributed by atoms with van der Waals surface area (Å²) in [6, 6.07) is 0. The van der Waals surface area contributed by atoms with Gasteiger partial charge in [-0.05, 0) is 19.9 Å². The normalized spacial score (nSPS) is 45.0. The van der Waals surface area contributed by atoms with Gasteiger partial charge in [0.1, 0.15) is 6.23 Å². The van der Waals surface area contributed by atoms with E-state index in [1.54, 1.807) is 0 Å². The Morgan fingerprint density at radius 2 is 2.36 bits per heavy atom. The molecule has 3 N–H and O–H groups in total. The molecule has 0 aromatic rings. The van der Waals surface area contributed by atoms with Gasteiger partial charge in [-0.3, -0.25) is 10.2 Å². The molecule has 0 saturated carbocycles. The fourth-order valence-corrected chi connectivity index (χ4v) is 1.66. The first-order chi connectivity index (χ1) is 5.36. The summed E-state index contributed by atoms with van der Waals surface area (Å²) in [5, 5.41) is 6.64. The summed E-state index contributed by atoms with van der Waals surface area (Å²) in [6.07, 6.45) is 1.71. The molecule has 0 aromatic carbocycles. The van der Waals surface area contributed by atoms with Crippen LogP contribution in [0.25, 0.3) is 0 Å². The number of hydrogen-bond acceptors (Lipinski definition) is 4. The number of rotatable bonds is 1. The van der Waals surface area contributed by atoms with Crippen molar-refractivity contribution >= 4 is 0 Å². The van der Waals surface area contributed by atoms with Crippen LogP contribution in [-0.2, 0) is 4.84 Å². The van der Waals surface area contributed by atoms with Crippen molar-refractivity contribution in [1.82, 2.24) is 16.1 Å². The van der Waals surface area contributed by atoms with Gasteiger partial charge in [0.25, 0.3) is 0 Å². The van der Waals surface area contributed by atoms with E-state index in [4.69, 9.17) is 4.84 Å². The molecule has 0 radical (unpaired) electrons. The summed E-state index contributed by atoms with van der Waals surface area (Å²) in [5.74, 6) is 0.632. The molecule has 64 valence electrons. The molecule has 4 nitrogen and oxygen atoms in total. The quantitative estimate of drug-likeness (QED) is 0.475. The van der Waals surface area contributed by atoms with Gasteiger partial charge in [0, 0.05) is 12.5 Å². The third kappa shape index (κ3) is 1.54. The van der Waals surface area contributed by atoms with E-state index in [1.165, 1.54) is 6.42 Å². The first kappa shape index (κ1) is 7.49. The van der Waals surface area contributed by atoms with E-state index < -0.39 is 0 Å². The fourth-order valence-electron chi connectivity index (χ4n) is 1.66. The lowest BCUT2D eigenvalue weighted by molar-refractivity contribution is -0.00540. The average Bonchev–Trinajstić information content (AvgIpc) is 2.55. The second-order valence-electron chi connectivity index (χ2n) is 3.30. The Labute approximate surface area is 66.6 Å². The number of hydrogen-bond donors (Lipinski definition) is 3. The van der Waals surface area contributed by atoms with Gasteiger partial charge in [-0.15, -0.1) is 0 Å². The third-order valence-corrected chi connectivity index (χ3v) is 2.31. The number of hydroxylamine groups is 1. The van der Waals surface area contributed by atoms with Crippen LogP contribution in [0, 0.1) is 5.92 Å². The topological polar surface area (TPSA) is 45.3 Å². The predicted octanol–water partition coefficient (Wildman–Crippen LogP) is -0.608. The van der Waals surface area contributed by atoms with E-state index in [-0.39, 0.29) is 6.23 Å². The highest BCUT2D eigenvalue weighted by Gasteiger charge is 2.30. The van der Waals surface area contributed by atoms with Gasteiger partial charge < -0.3 is 5.32 Å². The van der Waals surface area contributed by atoms with E-state index in [0.717, 1.165) is 13.1 Å². The standard InChI is InChI=1S/C7H15N3O/c1-5-9-7(11-10-5)6-2-3-8-4-6/h5-10H,2-4H2,1H3/t5-,6+,7-/m1/s1. The molecule has 0 unspecified atom stereocenters. The van der Waals surface area contributed by atoms with E-state index in [1.807, 2.05) is 0 Å². The van der Waals surface area contributed by atoms with Crippen LogP contribution in [0.15, 0.2) is 0 Å². The van der Waals surface area contributed by atoms with Gasteiger partial charge in [-0.2, -0.15) is 5.48 Å². The summed E-state index contributed by atoms with van der Waals surface area (Å²) in [6.45, 7) is 4.26. The molecule has 3 atom stereocenters. The van der Waals surface area contributed by atoms with E-state index in [2.05, 4.69) is 23.0 Å². The largest absolute Gasteiger partial charge is 0.316 e. The third-order valence-electron chi connectivity index (χ3n) is 2.31. The van der Waals surface area contributed by atoms with Crippen molar-refractivity contribution in [2.45, 2.75) is 25.7 Å². The van der Waals surface area contributed by atoms with E-state index in [0.29, 0.717) is 12.1 Å². The summed E-state index contributed by atoms with van der Waals surface area (Å²) in [7, 11) is 0. The second kappa shape index (κ2) is 3.06. The molecule has 2 rings (SSSR count). The maximum Gasteiger partial charge on any atom is 0.135 e. The van der Waals surface area contributed by atoms with Crippen LogP contribution in [0.4, 0.5) is 0 Å². The molecule has 0 aromatic heterocycles. The molecule has 2 fully saturated rings. The van der Waals surface area contributed by atoms with Crippen LogP contribution in [0.3, 0.4) is 0 Å². The van der Waals surface area contributed by atoms with Gasteiger partial charge >= 0.3 is 0 Å². The highest BCUT2D eigenvalue weighted by molar-refractivity contribution is 4.80. The second-order valence-corrected chi connectivity index (χ2v) is 3.30. The molecular formula is C7H15N3O.